The number of rotatable bonds is 3. The average Bonchev–Trinajstić information content (AvgIpc) is 2.97. The lowest BCUT2D eigenvalue weighted by molar-refractivity contribution is -0.155. The molecule has 0 amide bonds. The fourth-order valence-corrected chi connectivity index (χ4v) is 2.36. The lowest BCUT2D eigenvalue weighted by atomic mass is 9.77. The Labute approximate surface area is 88.9 Å². The van der Waals surface area contributed by atoms with Gasteiger partial charge in [0.05, 0.1) is 12.7 Å². The van der Waals surface area contributed by atoms with Gasteiger partial charge in [0.1, 0.15) is 12.0 Å². The maximum Gasteiger partial charge on any atom is 0.316 e. The van der Waals surface area contributed by atoms with Gasteiger partial charge >= 0.3 is 5.97 Å². The zero-order valence-corrected chi connectivity index (χ0v) is 9.06. The molecule has 0 spiro atoms. The van der Waals surface area contributed by atoms with Crippen LogP contribution in [0.1, 0.15) is 26.7 Å². The smallest absolute Gasteiger partial charge is 0.316 e. The number of epoxide rings is 1. The van der Waals surface area contributed by atoms with E-state index < -0.39 is 5.92 Å². The molecule has 0 aromatic rings. The largest absolute Gasteiger partial charge is 0.465 e. The van der Waals surface area contributed by atoms with Crippen molar-refractivity contribution >= 4 is 11.8 Å². The molecule has 1 saturated carbocycles. The van der Waals surface area contributed by atoms with Crippen LogP contribution in [0.25, 0.3) is 0 Å². The van der Waals surface area contributed by atoms with E-state index in [4.69, 9.17) is 9.47 Å². The van der Waals surface area contributed by atoms with Gasteiger partial charge in [-0.3, -0.25) is 9.59 Å². The van der Waals surface area contributed by atoms with Gasteiger partial charge in [0.15, 0.2) is 5.78 Å². The lowest BCUT2D eigenvalue weighted by Gasteiger charge is -2.25. The predicted molar refractivity (Wildman–Crippen MR) is 52.2 cm³/mol. The van der Waals surface area contributed by atoms with Gasteiger partial charge in [0.2, 0.25) is 0 Å². The van der Waals surface area contributed by atoms with E-state index in [0.717, 1.165) is 12.8 Å². The van der Waals surface area contributed by atoms with Gasteiger partial charge in [0.25, 0.3) is 0 Å². The van der Waals surface area contributed by atoms with E-state index in [9.17, 15) is 9.59 Å². The summed E-state index contributed by atoms with van der Waals surface area (Å²) in [6.45, 7) is 4.07. The molecule has 1 unspecified atom stereocenters. The minimum absolute atomic E-state index is 0.0726. The lowest BCUT2D eigenvalue weighted by Crippen LogP contribution is -2.40. The molecule has 84 valence electrons. The quantitative estimate of drug-likeness (QED) is 0.397. The van der Waals surface area contributed by atoms with Crippen molar-refractivity contribution in [1.29, 1.82) is 0 Å². The van der Waals surface area contributed by atoms with Crippen molar-refractivity contribution in [2.45, 2.75) is 38.9 Å². The van der Waals surface area contributed by atoms with Crippen LogP contribution in [-0.2, 0) is 19.1 Å². The number of esters is 1. The number of hydrogen-bond acceptors (Lipinski definition) is 4. The van der Waals surface area contributed by atoms with E-state index >= 15 is 0 Å². The molecule has 2 rings (SSSR count). The Balaban J connectivity index is 2.10. The highest BCUT2D eigenvalue weighted by Crippen LogP contribution is 2.42. The van der Waals surface area contributed by atoms with Crippen LogP contribution < -0.4 is 0 Å². The van der Waals surface area contributed by atoms with Crippen molar-refractivity contribution in [3.05, 3.63) is 0 Å². The van der Waals surface area contributed by atoms with Crippen LogP contribution in [0.15, 0.2) is 0 Å². The molecule has 4 atom stereocenters. The zero-order valence-electron chi connectivity index (χ0n) is 9.06. The summed E-state index contributed by atoms with van der Waals surface area (Å²) in [5, 5.41) is 0. The highest BCUT2D eigenvalue weighted by Gasteiger charge is 2.56. The standard InChI is InChI=1S/C11H16O4/c1-3-6-5-7-10(15-7)9(12)8(6)11(13)14-4-2/h6-8,10H,3-5H2,1-2H3/t6-,7-,8?,10-/m1/s1. The molecule has 0 aromatic carbocycles. The molecule has 2 aliphatic rings. The van der Waals surface area contributed by atoms with Crippen LogP contribution in [0.5, 0.6) is 0 Å². The molecule has 1 heterocycles. The van der Waals surface area contributed by atoms with Crippen LogP contribution in [0.2, 0.25) is 0 Å². The Bertz CT molecular complexity index is 286. The number of ether oxygens (including phenoxy) is 2. The van der Waals surface area contributed by atoms with Gasteiger partial charge in [-0.15, -0.1) is 0 Å². The Morgan fingerprint density at radius 1 is 1.53 bits per heavy atom. The summed E-state index contributed by atoms with van der Waals surface area (Å²) in [7, 11) is 0. The summed E-state index contributed by atoms with van der Waals surface area (Å²) in [6.07, 6.45) is 1.40. The number of fused-ring (bicyclic) bond motifs is 1. The molecule has 15 heavy (non-hydrogen) atoms. The molecule has 2 fully saturated rings. The third-order valence-corrected chi connectivity index (χ3v) is 3.24. The van der Waals surface area contributed by atoms with Gasteiger partial charge in [0, 0.05) is 0 Å². The van der Waals surface area contributed by atoms with E-state index in [1.807, 2.05) is 6.92 Å². The van der Waals surface area contributed by atoms with Crippen molar-refractivity contribution in [1.82, 2.24) is 0 Å². The maximum atomic E-state index is 11.8. The minimum Gasteiger partial charge on any atom is -0.465 e. The highest BCUT2D eigenvalue weighted by atomic mass is 16.6. The Morgan fingerprint density at radius 2 is 2.27 bits per heavy atom. The first-order chi connectivity index (χ1) is 7.19. The first-order valence-corrected chi connectivity index (χ1v) is 5.54. The SMILES string of the molecule is CCOC(=O)C1C(=O)[C@@H]2O[C@@H]2C[C@H]1CC. The van der Waals surface area contributed by atoms with Crippen LogP contribution >= 0.6 is 0 Å². The first-order valence-electron chi connectivity index (χ1n) is 5.54. The molecule has 4 nitrogen and oxygen atoms in total. The topological polar surface area (TPSA) is 55.9 Å². The summed E-state index contributed by atoms with van der Waals surface area (Å²) in [5.41, 5.74) is 0. The van der Waals surface area contributed by atoms with Gasteiger partial charge in [-0.1, -0.05) is 13.3 Å². The van der Waals surface area contributed by atoms with Crippen molar-refractivity contribution < 1.29 is 19.1 Å². The molecule has 4 heteroatoms. The molecule has 1 saturated heterocycles. The van der Waals surface area contributed by atoms with Gasteiger partial charge in [-0.25, -0.2) is 0 Å². The summed E-state index contributed by atoms with van der Waals surface area (Å²) < 4.78 is 10.2. The number of Topliss-reactive ketones (excluding diaryl/α,β-unsaturated/α-hetero) is 1. The van der Waals surface area contributed by atoms with E-state index in [1.165, 1.54) is 0 Å². The molecule has 1 aliphatic carbocycles. The third-order valence-electron chi connectivity index (χ3n) is 3.24. The van der Waals surface area contributed by atoms with E-state index in [0.29, 0.717) is 6.61 Å². The Kier molecular flexibility index (Phi) is 2.78. The van der Waals surface area contributed by atoms with Crippen molar-refractivity contribution in [3.8, 4) is 0 Å². The first kappa shape index (κ1) is 10.6. The summed E-state index contributed by atoms with van der Waals surface area (Å²) in [5.74, 6) is -0.932. The van der Waals surface area contributed by atoms with Crippen LogP contribution in [0, 0.1) is 11.8 Å². The van der Waals surface area contributed by atoms with Gasteiger partial charge in [-0.2, -0.15) is 0 Å². The summed E-state index contributed by atoms with van der Waals surface area (Å²) in [6, 6.07) is 0. The molecule has 0 radical (unpaired) electrons. The predicted octanol–water partition coefficient (Wildman–Crippen LogP) is 0.932. The van der Waals surface area contributed by atoms with Crippen LogP contribution in [-0.4, -0.2) is 30.6 Å². The maximum absolute atomic E-state index is 11.8. The number of carbonyl (C=O) groups excluding carboxylic acids is 2. The van der Waals surface area contributed by atoms with Crippen molar-refractivity contribution in [3.63, 3.8) is 0 Å². The summed E-state index contributed by atoms with van der Waals surface area (Å²) >= 11 is 0. The molecule has 0 N–H and O–H groups in total. The highest BCUT2D eigenvalue weighted by molar-refractivity contribution is 6.03. The molecule has 0 bridgehead atoms. The van der Waals surface area contributed by atoms with E-state index in [2.05, 4.69) is 0 Å². The number of ketones is 1. The fraction of sp³-hybridized carbons (Fsp3) is 0.818. The van der Waals surface area contributed by atoms with E-state index in [1.54, 1.807) is 6.92 Å². The van der Waals surface area contributed by atoms with Gasteiger partial charge < -0.3 is 9.47 Å². The average molecular weight is 212 g/mol. The number of carbonyl (C=O) groups is 2. The normalized spacial score (nSPS) is 38.4. The Hall–Kier alpha value is -0.900. The minimum atomic E-state index is -0.585. The molecular formula is C11H16O4. The Morgan fingerprint density at radius 3 is 2.87 bits per heavy atom. The zero-order chi connectivity index (χ0) is 11.0. The second-order valence-electron chi connectivity index (χ2n) is 4.13. The molecule has 0 aromatic heterocycles. The van der Waals surface area contributed by atoms with Crippen LogP contribution in [0.3, 0.4) is 0 Å². The third kappa shape index (κ3) is 1.78. The summed E-state index contributed by atoms with van der Waals surface area (Å²) in [4.78, 5) is 23.5. The monoisotopic (exact) mass is 212 g/mol. The van der Waals surface area contributed by atoms with Gasteiger partial charge in [-0.05, 0) is 19.3 Å². The second kappa shape index (κ2) is 3.93. The number of hydrogen-bond donors (Lipinski definition) is 0. The second-order valence-corrected chi connectivity index (χ2v) is 4.13. The molecular weight excluding hydrogens is 196 g/mol. The fourth-order valence-electron chi connectivity index (χ4n) is 2.36. The van der Waals surface area contributed by atoms with Crippen LogP contribution in [0.4, 0.5) is 0 Å². The van der Waals surface area contributed by atoms with E-state index in [-0.39, 0.29) is 29.9 Å². The molecule has 1 aliphatic heterocycles. The van der Waals surface area contributed by atoms with Crippen molar-refractivity contribution in [2.75, 3.05) is 6.61 Å². The van der Waals surface area contributed by atoms with Crippen molar-refractivity contribution in [2.24, 2.45) is 11.8 Å².